The van der Waals surface area contributed by atoms with E-state index in [0.717, 1.165) is 0 Å². The van der Waals surface area contributed by atoms with Crippen LogP contribution in [0.5, 0.6) is 5.88 Å². The quantitative estimate of drug-likeness (QED) is 0.813. The highest BCUT2D eigenvalue weighted by Gasteiger charge is 2.32. The third-order valence-corrected chi connectivity index (χ3v) is 5.06. The van der Waals surface area contributed by atoms with E-state index in [-0.39, 0.29) is 19.0 Å². The summed E-state index contributed by atoms with van der Waals surface area (Å²) in [6, 6.07) is 4.45. The van der Waals surface area contributed by atoms with Crippen LogP contribution in [-0.4, -0.2) is 60.0 Å². The van der Waals surface area contributed by atoms with Gasteiger partial charge in [0.1, 0.15) is 18.3 Å². The highest BCUT2D eigenvalue weighted by molar-refractivity contribution is 7.13. The molecular formula is C16H16FN5O4S. The van der Waals surface area contributed by atoms with Crippen molar-refractivity contribution >= 4 is 40.3 Å². The lowest BCUT2D eigenvalue weighted by Crippen LogP contribution is -2.38. The van der Waals surface area contributed by atoms with Gasteiger partial charge >= 0.3 is 6.09 Å². The Morgan fingerprint density at radius 2 is 2.22 bits per heavy atom. The predicted octanol–water partition coefficient (Wildman–Crippen LogP) is 1.58. The summed E-state index contributed by atoms with van der Waals surface area (Å²) in [5, 5.41) is 26.4. The first-order chi connectivity index (χ1) is 13.0. The molecule has 1 saturated heterocycles. The molecule has 3 heterocycles. The van der Waals surface area contributed by atoms with Crippen LogP contribution in [0.1, 0.15) is 0 Å². The van der Waals surface area contributed by atoms with Crippen LogP contribution < -0.4 is 14.8 Å². The number of carbonyl (C=O) groups is 1. The number of thiazole rings is 1. The number of cyclic esters (lactones) is 1. The Kier molecular flexibility index (Phi) is 4.54. The second-order valence-electron chi connectivity index (χ2n) is 5.97. The van der Waals surface area contributed by atoms with E-state index in [0.29, 0.717) is 29.6 Å². The Hall–Kier alpha value is -2.92. The van der Waals surface area contributed by atoms with Gasteiger partial charge in [0.15, 0.2) is 0 Å². The summed E-state index contributed by atoms with van der Waals surface area (Å²) < 4.78 is 19.6. The summed E-state index contributed by atoms with van der Waals surface area (Å²) >= 11 is 1.27. The zero-order valence-corrected chi connectivity index (χ0v) is 14.8. The molecular weight excluding hydrogens is 377 g/mol. The monoisotopic (exact) mass is 393 g/mol. The molecule has 0 saturated carbocycles. The molecule has 1 amide bonds. The molecule has 11 heteroatoms. The fourth-order valence-corrected chi connectivity index (χ4v) is 3.54. The van der Waals surface area contributed by atoms with E-state index < -0.39 is 18.0 Å². The normalized spacial score (nSPS) is 19.7. The van der Waals surface area contributed by atoms with E-state index in [1.807, 2.05) is 0 Å². The van der Waals surface area contributed by atoms with E-state index in [1.54, 1.807) is 22.0 Å². The van der Waals surface area contributed by atoms with Gasteiger partial charge in [0.25, 0.3) is 0 Å². The Bertz CT molecular complexity index is 891. The van der Waals surface area contributed by atoms with Crippen molar-refractivity contribution in [3.05, 3.63) is 29.4 Å². The van der Waals surface area contributed by atoms with Crippen molar-refractivity contribution < 1.29 is 24.1 Å². The number of amides is 1. The van der Waals surface area contributed by atoms with Crippen molar-refractivity contribution in [2.75, 3.05) is 41.0 Å². The molecule has 0 radical (unpaired) electrons. The first kappa shape index (κ1) is 17.5. The Morgan fingerprint density at radius 1 is 1.37 bits per heavy atom. The predicted molar refractivity (Wildman–Crippen MR) is 98.1 cm³/mol. The van der Waals surface area contributed by atoms with Gasteiger partial charge in [-0.1, -0.05) is 11.3 Å². The number of hydrogen-bond acceptors (Lipinski definition) is 9. The molecule has 9 nitrogen and oxygen atoms in total. The Labute approximate surface area is 157 Å². The maximum Gasteiger partial charge on any atom is 0.414 e. The van der Waals surface area contributed by atoms with E-state index in [2.05, 4.69) is 10.1 Å². The topological polar surface area (TPSA) is 102 Å². The standard InChI is InChI=1S/C16H16FN5O4S/c17-12-5-10(21-6-11(7-23)26-16(21)25)1-2-13(12)20-3-4-22(18-9-20)15-19-14(24)8-27-15/h1-2,5,8-9,11,23-24H,3-4,6-7H2. The summed E-state index contributed by atoms with van der Waals surface area (Å²) in [6.07, 6.45) is 0.278. The van der Waals surface area contributed by atoms with Gasteiger partial charge in [0.2, 0.25) is 11.0 Å². The van der Waals surface area contributed by atoms with Gasteiger partial charge in [0, 0.05) is 6.54 Å². The molecule has 2 aliphatic rings. The van der Waals surface area contributed by atoms with Crippen molar-refractivity contribution in [3.8, 4) is 5.88 Å². The van der Waals surface area contributed by atoms with Crippen LogP contribution >= 0.6 is 11.3 Å². The van der Waals surface area contributed by atoms with E-state index in [9.17, 15) is 14.3 Å². The number of halogens is 1. The smallest absolute Gasteiger partial charge is 0.414 e. The molecule has 2 aliphatic heterocycles. The number of aromatic hydroxyl groups is 1. The summed E-state index contributed by atoms with van der Waals surface area (Å²) in [6.45, 7) is 0.842. The van der Waals surface area contributed by atoms with E-state index >= 15 is 0 Å². The fraction of sp³-hybridized carbons (Fsp3) is 0.312. The number of aromatic nitrogens is 1. The van der Waals surface area contributed by atoms with Crippen molar-refractivity contribution in [3.63, 3.8) is 0 Å². The fourth-order valence-electron chi connectivity index (χ4n) is 2.87. The number of aliphatic hydroxyl groups excluding tert-OH is 1. The highest BCUT2D eigenvalue weighted by atomic mass is 32.1. The number of benzene rings is 1. The molecule has 0 spiro atoms. The van der Waals surface area contributed by atoms with E-state index in [4.69, 9.17) is 9.84 Å². The number of hydrogen-bond donors (Lipinski definition) is 2. The minimum absolute atomic E-state index is 0.0573. The summed E-state index contributed by atoms with van der Waals surface area (Å²) in [4.78, 5) is 18.7. The van der Waals surface area contributed by atoms with Gasteiger partial charge in [-0.3, -0.25) is 4.90 Å². The molecule has 1 atom stereocenters. The van der Waals surface area contributed by atoms with Gasteiger partial charge in [-0.25, -0.2) is 14.2 Å². The molecule has 0 bridgehead atoms. The molecule has 1 aromatic carbocycles. The van der Waals surface area contributed by atoms with Crippen LogP contribution in [0.4, 0.5) is 25.7 Å². The number of rotatable bonds is 4. The van der Waals surface area contributed by atoms with Crippen molar-refractivity contribution in [2.45, 2.75) is 6.10 Å². The molecule has 2 N–H and O–H groups in total. The number of carbonyl (C=O) groups excluding carboxylic acids is 1. The lowest BCUT2D eigenvalue weighted by atomic mass is 10.2. The summed E-state index contributed by atoms with van der Waals surface area (Å²) in [5.41, 5.74) is 0.696. The van der Waals surface area contributed by atoms with Crippen molar-refractivity contribution in [2.24, 2.45) is 5.10 Å². The maximum atomic E-state index is 14.6. The molecule has 1 aromatic heterocycles. The first-order valence-corrected chi connectivity index (χ1v) is 9.04. The number of nitrogens with zero attached hydrogens (tertiary/aromatic N) is 5. The van der Waals surface area contributed by atoms with Crippen LogP contribution in [0.2, 0.25) is 0 Å². The lowest BCUT2D eigenvalue weighted by Gasteiger charge is -2.28. The first-order valence-electron chi connectivity index (χ1n) is 8.16. The van der Waals surface area contributed by atoms with Gasteiger partial charge < -0.3 is 19.8 Å². The number of hydrazone groups is 1. The highest BCUT2D eigenvalue weighted by Crippen LogP contribution is 2.29. The van der Waals surface area contributed by atoms with Crippen LogP contribution in [0.25, 0.3) is 0 Å². The van der Waals surface area contributed by atoms with Crippen LogP contribution in [0.15, 0.2) is 28.7 Å². The number of anilines is 3. The molecule has 142 valence electrons. The van der Waals surface area contributed by atoms with Crippen LogP contribution in [0.3, 0.4) is 0 Å². The molecule has 4 rings (SSSR count). The molecule has 0 aliphatic carbocycles. The molecule has 2 aromatic rings. The molecule has 27 heavy (non-hydrogen) atoms. The second kappa shape index (κ2) is 7.00. The zero-order chi connectivity index (χ0) is 19.0. The van der Waals surface area contributed by atoms with Crippen LogP contribution in [0, 0.1) is 5.82 Å². The SMILES string of the molecule is O=C1OC(CO)CN1c1ccc(N2C=NN(c3nc(O)cs3)CC2)c(F)c1. The average molecular weight is 393 g/mol. The maximum absolute atomic E-state index is 14.6. The lowest BCUT2D eigenvalue weighted by molar-refractivity contribution is 0.0963. The van der Waals surface area contributed by atoms with Gasteiger partial charge in [0.05, 0.1) is 36.5 Å². The molecule has 1 unspecified atom stereocenters. The van der Waals surface area contributed by atoms with Gasteiger partial charge in [-0.15, -0.1) is 0 Å². The third kappa shape index (κ3) is 3.38. The second-order valence-corrected chi connectivity index (χ2v) is 6.81. The summed E-state index contributed by atoms with van der Waals surface area (Å²) in [5.74, 6) is -0.558. The Balaban J connectivity index is 1.49. The minimum atomic E-state index is -0.608. The van der Waals surface area contributed by atoms with Crippen LogP contribution in [-0.2, 0) is 4.74 Å². The van der Waals surface area contributed by atoms with Gasteiger partial charge in [-0.05, 0) is 18.2 Å². The zero-order valence-electron chi connectivity index (χ0n) is 14.0. The summed E-state index contributed by atoms with van der Waals surface area (Å²) in [7, 11) is 0. The molecule has 1 fully saturated rings. The third-order valence-electron chi connectivity index (χ3n) is 4.21. The average Bonchev–Trinajstić information content (AvgIpc) is 3.27. The number of ether oxygens (including phenoxy) is 1. The number of aliphatic hydroxyl groups is 1. The van der Waals surface area contributed by atoms with Crippen molar-refractivity contribution in [1.82, 2.24) is 4.98 Å². The Morgan fingerprint density at radius 3 is 2.81 bits per heavy atom. The van der Waals surface area contributed by atoms with Gasteiger partial charge in [-0.2, -0.15) is 10.1 Å². The van der Waals surface area contributed by atoms with E-state index in [1.165, 1.54) is 34.0 Å². The largest absolute Gasteiger partial charge is 0.493 e. The minimum Gasteiger partial charge on any atom is -0.493 e. The van der Waals surface area contributed by atoms with Crippen molar-refractivity contribution in [1.29, 1.82) is 0 Å².